The molecule has 0 unspecified atom stereocenters. The quantitative estimate of drug-likeness (QED) is 0.148. The van der Waals surface area contributed by atoms with Gasteiger partial charge in [-0.05, 0) is 136 Å². The van der Waals surface area contributed by atoms with E-state index in [1.165, 1.54) is 92.2 Å². The monoisotopic (exact) mass is 820 g/mol. The average Bonchev–Trinajstić information content (AvgIpc) is 3.90. The molecule has 0 bridgehead atoms. The minimum atomic E-state index is 1.11. The smallest absolute Gasteiger partial charge is 0.0541 e. The first kappa shape index (κ1) is 36.8. The molecule has 0 atom stereocenters. The number of rotatable bonds is 8. The van der Waals surface area contributed by atoms with E-state index in [1.54, 1.807) is 0 Å². The molecule has 0 aliphatic carbocycles. The fourth-order valence-electron chi connectivity index (χ4n) is 9.28. The molecule has 0 saturated heterocycles. The highest BCUT2D eigenvalue weighted by Gasteiger charge is 2.17. The van der Waals surface area contributed by atoms with Crippen molar-refractivity contribution in [3.63, 3.8) is 0 Å². The Kier molecular flexibility index (Phi) is 9.06. The largest absolute Gasteiger partial charge is 0.310 e. The molecule has 2 aromatic heterocycles. The average molecular weight is 821 g/mol. The van der Waals surface area contributed by atoms with Gasteiger partial charge in [-0.15, -0.1) is 11.3 Å². The van der Waals surface area contributed by atoms with Crippen molar-refractivity contribution < 1.29 is 0 Å². The van der Waals surface area contributed by atoms with Gasteiger partial charge in [0.25, 0.3) is 0 Å². The summed E-state index contributed by atoms with van der Waals surface area (Å²) in [6, 6.07) is 88.3. The second-order valence-electron chi connectivity index (χ2n) is 16.2. The molecule has 0 radical (unpaired) electrons. The van der Waals surface area contributed by atoms with Gasteiger partial charge in [0.05, 0.1) is 11.0 Å². The Labute approximate surface area is 370 Å². The molecule has 63 heavy (non-hydrogen) atoms. The molecule has 2 nitrogen and oxygen atoms in total. The Balaban J connectivity index is 0.931. The fourth-order valence-corrected chi connectivity index (χ4v) is 10.4. The SMILES string of the molecule is c1ccc(-c2ccc(N(c3ccc(-c4ccccc4)cc3)c3ccc4sc5ccc(-c6cccc(-c7ccc8c(c7)c7ccccc7n8-c7ccccc7)c6)cc5c4c3)cc2)cc1. The Bertz CT molecular complexity index is 3500. The van der Waals surface area contributed by atoms with E-state index < -0.39 is 0 Å². The van der Waals surface area contributed by atoms with Crippen LogP contribution in [0.25, 0.3) is 92.2 Å². The van der Waals surface area contributed by atoms with Crippen LogP contribution in [0.2, 0.25) is 0 Å². The van der Waals surface area contributed by atoms with Gasteiger partial charge in [-0.2, -0.15) is 0 Å². The summed E-state index contributed by atoms with van der Waals surface area (Å²) < 4.78 is 4.94. The number of benzene rings is 10. The first-order valence-corrected chi connectivity index (χ1v) is 22.3. The number of para-hydroxylation sites is 2. The number of aromatic nitrogens is 1. The molecule has 2 heterocycles. The molecule has 12 aromatic rings. The maximum Gasteiger partial charge on any atom is 0.0541 e. The highest BCUT2D eigenvalue weighted by Crippen LogP contribution is 2.43. The van der Waals surface area contributed by atoms with E-state index >= 15 is 0 Å². The van der Waals surface area contributed by atoms with Crippen LogP contribution in [-0.2, 0) is 0 Å². The molecule has 0 N–H and O–H groups in total. The lowest BCUT2D eigenvalue weighted by molar-refractivity contribution is 1.18. The third-order valence-corrected chi connectivity index (χ3v) is 13.5. The van der Waals surface area contributed by atoms with E-state index in [1.807, 2.05) is 11.3 Å². The van der Waals surface area contributed by atoms with Crippen molar-refractivity contribution in [1.29, 1.82) is 0 Å². The lowest BCUT2D eigenvalue weighted by Gasteiger charge is -2.26. The molecule has 0 saturated carbocycles. The summed E-state index contributed by atoms with van der Waals surface area (Å²) in [5.41, 5.74) is 16.6. The third-order valence-electron chi connectivity index (χ3n) is 12.4. The van der Waals surface area contributed by atoms with E-state index in [2.05, 4.69) is 252 Å². The van der Waals surface area contributed by atoms with Crippen molar-refractivity contribution in [1.82, 2.24) is 4.57 Å². The molecule has 12 rings (SSSR count). The lowest BCUT2D eigenvalue weighted by Crippen LogP contribution is -2.09. The van der Waals surface area contributed by atoms with Crippen LogP contribution in [0.3, 0.4) is 0 Å². The minimum Gasteiger partial charge on any atom is -0.310 e. The number of fused-ring (bicyclic) bond motifs is 6. The Morgan fingerprint density at radius 3 is 1.33 bits per heavy atom. The Morgan fingerprint density at radius 2 is 0.698 bits per heavy atom. The minimum absolute atomic E-state index is 1.11. The standard InChI is InChI=1S/C60H40N2S/c1-4-13-41(14-5-1)43-23-29-50(30-24-43)61(51-31-25-44(26-32-51)42-15-6-2-7-16-42)52-33-36-60-56(40-52)55-39-48(28-35-59(55)63-60)46-18-12-17-45(37-46)47-27-34-58-54(38-47)53-21-10-11-22-57(53)62(58)49-19-8-3-9-20-49/h1-40H. The molecule has 10 aromatic carbocycles. The van der Waals surface area contributed by atoms with Gasteiger partial charge in [0.15, 0.2) is 0 Å². The van der Waals surface area contributed by atoms with Gasteiger partial charge in [0.1, 0.15) is 0 Å². The van der Waals surface area contributed by atoms with Gasteiger partial charge >= 0.3 is 0 Å². The summed E-state index contributed by atoms with van der Waals surface area (Å²) >= 11 is 1.86. The zero-order valence-electron chi connectivity index (χ0n) is 34.4. The summed E-state index contributed by atoms with van der Waals surface area (Å²) in [7, 11) is 0. The molecule has 0 aliphatic rings. The molecule has 3 heteroatoms. The van der Waals surface area contributed by atoms with Crippen LogP contribution < -0.4 is 4.90 Å². The predicted molar refractivity (Wildman–Crippen MR) is 270 cm³/mol. The number of anilines is 3. The molecular weight excluding hydrogens is 781 g/mol. The van der Waals surface area contributed by atoms with Crippen LogP contribution in [0.5, 0.6) is 0 Å². The zero-order chi connectivity index (χ0) is 41.7. The Morgan fingerprint density at radius 1 is 0.270 bits per heavy atom. The first-order chi connectivity index (χ1) is 31.2. The molecular formula is C60H40N2S. The van der Waals surface area contributed by atoms with Gasteiger partial charge in [-0.25, -0.2) is 0 Å². The maximum absolute atomic E-state index is 2.39. The molecule has 0 spiro atoms. The van der Waals surface area contributed by atoms with Crippen molar-refractivity contribution >= 4 is 70.4 Å². The fraction of sp³-hybridized carbons (Fsp3) is 0. The summed E-state index contributed by atoms with van der Waals surface area (Å²) in [5, 5.41) is 5.05. The second-order valence-corrected chi connectivity index (χ2v) is 17.2. The highest BCUT2D eigenvalue weighted by molar-refractivity contribution is 7.25. The number of thiophene rings is 1. The summed E-state index contributed by atoms with van der Waals surface area (Å²) in [4.78, 5) is 2.38. The highest BCUT2D eigenvalue weighted by atomic mass is 32.1. The van der Waals surface area contributed by atoms with E-state index in [0.717, 1.165) is 17.1 Å². The van der Waals surface area contributed by atoms with Gasteiger partial charge < -0.3 is 9.47 Å². The van der Waals surface area contributed by atoms with Gasteiger partial charge in [-0.3, -0.25) is 0 Å². The molecule has 0 aliphatic heterocycles. The van der Waals surface area contributed by atoms with E-state index in [0.29, 0.717) is 0 Å². The Hall–Kier alpha value is -7.98. The van der Waals surface area contributed by atoms with Crippen LogP contribution in [-0.4, -0.2) is 4.57 Å². The second kappa shape index (κ2) is 15.5. The number of hydrogen-bond acceptors (Lipinski definition) is 2. The van der Waals surface area contributed by atoms with Crippen LogP contribution in [0.4, 0.5) is 17.1 Å². The van der Waals surface area contributed by atoms with Crippen LogP contribution in [0, 0.1) is 0 Å². The molecule has 296 valence electrons. The third kappa shape index (κ3) is 6.67. The van der Waals surface area contributed by atoms with Crippen LogP contribution in [0.15, 0.2) is 243 Å². The topological polar surface area (TPSA) is 8.17 Å². The van der Waals surface area contributed by atoms with Crippen molar-refractivity contribution in [2.24, 2.45) is 0 Å². The predicted octanol–water partition coefficient (Wildman–Crippen LogP) is 17.3. The van der Waals surface area contributed by atoms with Crippen LogP contribution >= 0.6 is 11.3 Å². The van der Waals surface area contributed by atoms with Gasteiger partial charge in [0.2, 0.25) is 0 Å². The lowest BCUT2D eigenvalue weighted by atomic mass is 9.97. The van der Waals surface area contributed by atoms with Crippen molar-refractivity contribution in [3.05, 3.63) is 243 Å². The van der Waals surface area contributed by atoms with E-state index in [4.69, 9.17) is 0 Å². The maximum atomic E-state index is 2.39. The number of hydrogen-bond donors (Lipinski definition) is 0. The van der Waals surface area contributed by atoms with E-state index in [9.17, 15) is 0 Å². The van der Waals surface area contributed by atoms with Gasteiger partial charge in [0, 0.05) is 53.7 Å². The van der Waals surface area contributed by atoms with Crippen molar-refractivity contribution in [2.45, 2.75) is 0 Å². The molecule has 0 fully saturated rings. The van der Waals surface area contributed by atoms with Gasteiger partial charge in [-0.1, -0.05) is 152 Å². The zero-order valence-corrected chi connectivity index (χ0v) is 35.2. The van der Waals surface area contributed by atoms with E-state index in [-0.39, 0.29) is 0 Å². The normalized spacial score (nSPS) is 11.5. The number of nitrogens with zero attached hydrogens (tertiary/aromatic N) is 2. The first-order valence-electron chi connectivity index (χ1n) is 21.5. The molecule has 0 amide bonds. The summed E-state index contributed by atoms with van der Waals surface area (Å²) in [6.07, 6.45) is 0. The van der Waals surface area contributed by atoms with Crippen molar-refractivity contribution in [2.75, 3.05) is 4.90 Å². The van der Waals surface area contributed by atoms with Crippen molar-refractivity contribution in [3.8, 4) is 50.2 Å². The summed E-state index contributed by atoms with van der Waals surface area (Å²) in [6.45, 7) is 0. The summed E-state index contributed by atoms with van der Waals surface area (Å²) in [5.74, 6) is 0. The van der Waals surface area contributed by atoms with Crippen LogP contribution in [0.1, 0.15) is 0 Å².